The summed E-state index contributed by atoms with van der Waals surface area (Å²) in [6.07, 6.45) is 2.92. The van der Waals surface area contributed by atoms with E-state index in [2.05, 4.69) is 6.92 Å². The largest absolute Gasteiger partial charge is 0.462 e. The van der Waals surface area contributed by atoms with Crippen molar-refractivity contribution in [1.29, 1.82) is 0 Å². The molecule has 2 atom stereocenters. The second-order valence-corrected chi connectivity index (χ2v) is 3.72. The molecule has 0 spiro atoms. The van der Waals surface area contributed by atoms with E-state index in [0.29, 0.717) is 0 Å². The lowest BCUT2D eigenvalue weighted by molar-refractivity contribution is -0.155. The number of carbonyl (C=O) groups is 2. The van der Waals surface area contributed by atoms with E-state index in [4.69, 9.17) is 4.74 Å². The molecule has 14 heavy (non-hydrogen) atoms. The summed E-state index contributed by atoms with van der Waals surface area (Å²) in [5.41, 5.74) is 0. The lowest BCUT2D eigenvalue weighted by Crippen LogP contribution is -2.25. The lowest BCUT2D eigenvalue weighted by atomic mass is 10.1. The number of hydrogen-bond donors (Lipinski definition) is 0. The molecule has 3 nitrogen and oxygen atoms in total. The van der Waals surface area contributed by atoms with Crippen LogP contribution in [0.5, 0.6) is 0 Å². The van der Waals surface area contributed by atoms with Gasteiger partial charge in [-0.05, 0) is 27.2 Å². The molecule has 2 unspecified atom stereocenters. The minimum absolute atomic E-state index is 0.0794. The minimum atomic E-state index is -0.626. The van der Waals surface area contributed by atoms with Gasteiger partial charge in [0.2, 0.25) is 0 Å². The summed E-state index contributed by atoms with van der Waals surface area (Å²) in [5, 5.41) is 0. The second kappa shape index (κ2) is 6.57. The molecule has 0 heterocycles. The van der Waals surface area contributed by atoms with Crippen molar-refractivity contribution in [1.82, 2.24) is 0 Å². The number of esters is 1. The SMILES string of the molecule is CCCCC(C)OC(=O)C(C)C(C)=O. The van der Waals surface area contributed by atoms with E-state index in [1.165, 1.54) is 6.92 Å². The number of ketones is 1. The van der Waals surface area contributed by atoms with Gasteiger partial charge < -0.3 is 4.74 Å². The monoisotopic (exact) mass is 200 g/mol. The Kier molecular flexibility index (Phi) is 6.17. The molecule has 0 N–H and O–H groups in total. The maximum atomic E-state index is 11.3. The van der Waals surface area contributed by atoms with Crippen LogP contribution in [-0.4, -0.2) is 17.9 Å². The van der Waals surface area contributed by atoms with Gasteiger partial charge in [-0.2, -0.15) is 0 Å². The first kappa shape index (κ1) is 13.1. The van der Waals surface area contributed by atoms with Crippen LogP contribution in [0.2, 0.25) is 0 Å². The molecular weight excluding hydrogens is 180 g/mol. The number of ether oxygens (including phenoxy) is 1. The maximum Gasteiger partial charge on any atom is 0.316 e. The topological polar surface area (TPSA) is 43.4 Å². The Labute approximate surface area is 85.8 Å². The van der Waals surface area contributed by atoms with Crippen LogP contribution in [0.4, 0.5) is 0 Å². The normalized spacial score (nSPS) is 14.6. The third kappa shape index (κ3) is 5.00. The Hall–Kier alpha value is -0.860. The number of Topliss-reactive ketones (excluding diaryl/α,β-unsaturated/α-hetero) is 1. The van der Waals surface area contributed by atoms with Gasteiger partial charge in [0, 0.05) is 0 Å². The zero-order valence-electron chi connectivity index (χ0n) is 9.50. The van der Waals surface area contributed by atoms with Crippen molar-refractivity contribution >= 4 is 11.8 Å². The van der Waals surface area contributed by atoms with Crippen LogP contribution in [-0.2, 0) is 14.3 Å². The van der Waals surface area contributed by atoms with Gasteiger partial charge in [0.25, 0.3) is 0 Å². The first-order valence-electron chi connectivity index (χ1n) is 5.20. The number of rotatable bonds is 6. The van der Waals surface area contributed by atoms with Crippen molar-refractivity contribution in [2.45, 2.75) is 53.1 Å². The van der Waals surface area contributed by atoms with Crippen LogP contribution in [0.3, 0.4) is 0 Å². The number of hydrogen-bond acceptors (Lipinski definition) is 3. The molecule has 0 aliphatic carbocycles. The van der Waals surface area contributed by atoms with Crippen molar-refractivity contribution in [2.75, 3.05) is 0 Å². The van der Waals surface area contributed by atoms with Crippen molar-refractivity contribution in [2.24, 2.45) is 5.92 Å². The Bertz CT molecular complexity index is 199. The fourth-order valence-corrected chi connectivity index (χ4v) is 1.02. The highest BCUT2D eigenvalue weighted by Crippen LogP contribution is 2.08. The Morgan fingerprint density at radius 3 is 2.29 bits per heavy atom. The highest BCUT2D eigenvalue weighted by atomic mass is 16.5. The standard InChI is InChI=1S/C11H20O3/c1-5-6-7-8(2)14-11(13)9(3)10(4)12/h8-9H,5-7H2,1-4H3. The molecule has 0 aromatic carbocycles. The summed E-state index contributed by atoms with van der Waals surface area (Å²) < 4.78 is 5.12. The van der Waals surface area contributed by atoms with E-state index >= 15 is 0 Å². The molecule has 3 heteroatoms. The Balaban J connectivity index is 3.87. The molecule has 0 aromatic heterocycles. The summed E-state index contributed by atoms with van der Waals surface area (Å²) in [7, 11) is 0. The Morgan fingerprint density at radius 2 is 1.86 bits per heavy atom. The summed E-state index contributed by atoms with van der Waals surface area (Å²) >= 11 is 0. The van der Waals surface area contributed by atoms with E-state index in [1.807, 2.05) is 6.92 Å². The predicted octanol–water partition coefficient (Wildman–Crippen LogP) is 2.33. The summed E-state index contributed by atoms with van der Waals surface area (Å²) in [4.78, 5) is 22.2. The van der Waals surface area contributed by atoms with Crippen LogP contribution < -0.4 is 0 Å². The molecular formula is C11H20O3. The van der Waals surface area contributed by atoms with Gasteiger partial charge in [-0.1, -0.05) is 19.8 Å². The van der Waals surface area contributed by atoms with Crippen molar-refractivity contribution in [3.8, 4) is 0 Å². The molecule has 0 fully saturated rings. The second-order valence-electron chi connectivity index (χ2n) is 3.72. The zero-order chi connectivity index (χ0) is 11.1. The number of unbranched alkanes of at least 4 members (excludes halogenated alkanes) is 1. The first-order chi connectivity index (χ1) is 6.49. The average molecular weight is 200 g/mol. The third-order valence-corrected chi connectivity index (χ3v) is 2.24. The zero-order valence-corrected chi connectivity index (χ0v) is 9.50. The van der Waals surface area contributed by atoms with Crippen LogP contribution in [0.1, 0.15) is 47.0 Å². The van der Waals surface area contributed by atoms with E-state index in [-0.39, 0.29) is 11.9 Å². The van der Waals surface area contributed by atoms with E-state index in [9.17, 15) is 9.59 Å². The minimum Gasteiger partial charge on any atom is -0.462 e. The van der Waals surface area contributed by atoms with Gasteiger partial charge in [0.1, 0.15) is 11.7 Å². The fourth-order valence-electron chi connectivity index (χ4n) is 1.02. The summed E-state index contributed by atoms with van der Waals surface area (Å²) in [6.45, 7) is 6.94. The molecule has 0 saturated carbocycles. The van der Waals surface area contributed by atoms with Gasteiger partial charge in [0.15, 0.2) is 0 Å². The summed E-state index contributed by atoms with van der Waals surface area (Å²) in [5.74, 6) is -1.17. The third-order valence-electron chi connectivity index (χ3n) is 2.24. The summed E-state index contributed by atoms with van der Waals surface area (Å²) in [6, 6.07) is 0. The fraction of sp³-hybridized carbons (Fsp3) is 0.818. The molecule has 0 amide bonds. The molecule has 0 radical (unpaired) electrons. The van der Waals surface area contributed by atoms with Gasteiger partial charge >= 0.3 is 5.97 Å². The van der Waals surface area contributed by atoms with E-state index < -0.39 is 11.9 Å². The van der Waals surface area contributed by atoms with Gasteiger partial charge in [-0.15, -0.1) is 0 Å². The smallest absolute Gasteiger partial charge is 0.316 e. The average Bonchev–Trinajstić information content (AvgIpc) is 2.13. The first-order valence-corrected chi connectivity index (χ1v) is 5.20. The van der Waals surface area contributed by atoms with E-state index in [0.717, 1.165) is 19.3 Å². The lowest BCUT2D eigenvalue weighted by Gasteiger charge is -2.14. The molecule has 0 saturated heterocycles. The van der Waals surface area contributed by atoms with E-state index in [1.54, 1.807) is 6.92 Å². The van der Waals surface area contributed by atoms with Crippen molar-refractivity contribution < 1.29 is 14.3 Å². The van der Waals surface area contributed by atoms with Crippen LogP contribution >= 0.6 is 0 Å². The van der Waals surface area contributed by atoms with Crippen molar-refractivity contribution in [3.63, 3.8) is 0 Å². The molecule has 82 valence electrons. The highest BCUT2D eigenvalue weighted by molar-refractivity contribution is 5.97. The maximum absolute atomic E-state index is 11.3. The van der Waals surface area contributed by atoms with Crippen LogP contribution in [0, 0.1) is 5.92 Å². The molecule has 0 aromatic rings. The number of carbonyl (C=O) groups excluding carboxylic acids is 2. The quantitative estimate of drug-likeness (QED) is 0.488. The highest BCUT2D eigenvalue weighted by Gasteiger charge is 2.20. The predicted molar refractivity (Wildman–Crippen MR) is 54.9 cm³/mol. The Morgan fingerprint density at radius 1 is 1.29 bits per heavy atom. The molecule has 0 aliphatic rings. The van der Waals surface area contributed by atoms with Gasteiger partial charge in [-0.3, -0.25) is 9.59 Å². The van der Waals surface area contributed by atoms with Crippen molar-refractivity contribution in [3.05, 3.63) is 0 Å². The van der Waals surface area contributed by atoms with Gasteiger partial charge in [-0.25, -0.2) is 0 Å². The molecule has 0 rings (SSSR count). The molecule has 0 aliphatic heterocycles. The van der Waals surface area contributed by atoms with Gasteiger partial charge in [0.05, 0.1) is 6.10 Å². The van der Waals surface area contributed by atoms with Crippen LogP contribution in [0.25, 0.3) is 0 Å². The molecule has 0 bridgehead atoms. The van der Waals surface area contributed by atoms with Crippen LogP contribution in [0.15, 0.2) is 0 Å².